The molecule has 7 nitrogen and oxygen atoms in total. The van der Waals surface area contributed by atoms with Crippen molar-refractivity contribution in [1.29, 1.82) is 0 Å². The van der Waals surface area contributed by atoms with E-state index in [-0.39, 0.29) is 12.5 Å². The van der Waals surface area contributed by atoms with Gasteiger partial charge in [-0.1, -0.05) is 0 Å². The highest BCUT2D eigenvalue weighted by molar-refractivity contribution is 5.97. The summed E-state index contributed by atoms with van der Waals surface area (Å²) in [4.78, 5) is 15.0. The van der Waals surface area contributed by atoms with E-state index in [9.17, 15) is 4.79 Å². The molecule has 27 heavy (non-hydrogen) atoms. The quantitative estimate of drug-likeness (QED) is 0.808. The van der Waals surface area contributed by atoms with E-state index in [0.717, 1.165) is 41.8 Å². The van der Waals surface area contributed by atoms with Gasteiger partial charge in [0.2, 0.25) is 0 Å². The molecule has 1 amide bonds. The zero-order valence-corrected chi connectivity index (χ0v) is 16.0. The molecule has 2 aromatic rings. The second kappa shape index (κ2) is 8.07. The molecule has 0 bridgehead atoms. The Hall–Kier alpha value is -3.09. The minimum absolute atomic E-state index is 0.0392. The Kier molecular flexibility index (Phi) is 5.59. The molecular formula is C20H24N2O5. The third-order valence-electron chi connectivity index (χ3n) is 4.52. The third kappa shape index (κ3) is 4.02. The van der Waals surface area contributed by atoms with Gasteiger partial charge in [0.25, 0.3) is 5.91 Å². The standard InChI is InChI=1S/C10H11NO3.C10H13NO2/c1-11-8-4-3-7(13-2)5-9(8)14-6-10(11)12;1-11-5-6-13-10-7-8(12-2)3-4-9(10)11/h3-5H,6H2,1-2H3;3-4,7H,5-6H2,1-2H3. The summed E-state index contributed by atoms with van der Waals surface area (Å²) in [5.74, 6) is 3.13. The van der Waals surface area contributed by atoms with Crippen LogP contribution in [0.3, 0.4) is 0 Å². The van der Waals surface area contributed by atoms with Crippen molar-refractivity contribution >= 4 is 17.3 Å². The summed E-state index contributed by atoms with van der Waals surface area (Å²) in [5.41, 5.74) is 1.91. The van der Waals surface area contributed by atoms with Crippen molar-refractivity contribution in [2.24, 2.45) is 0 Å². The van der Waals surface area contributed by atoms with E-state index in [4.69, 9.17) is 18.9 Å². The van der Waals surface area contributed by atoms with E-state index >= 15 is 0 Å². The number of likely N-dealkylation sites (N-methyl/N-ethyl adjacent to an activating group) is 2. The molecule has 0 saturated carbocycles. The molecule has 144 valence electrons. The number of rotatable bonds is 2. The number of hydrogen-bond acceptors (Lipinski definition) is 6. The van der Waals surface area contributed by atoms with Gasteiger partial charge in [0, 0.05) is 26.2 Å². The van der Waals surface area contributed by atoms with Gasteiger partial charge in [-0.3, -0.25) is 4.79 Å². The van der Waals surface area contributed by atoms with Gasteiger partial charge in [-0.2, -0.15) is 0 Å². The molecular weight excluding hydrogens is 348 g/mol. The van der Waals surface area contributed by atoms with Crippen LogP contribution in [0, 0.1) is 0 Å². The van der Waals surface area contributed by atoms with Crippen LogP contribution in [0.4, 0.5) is 11.4 Å². The van der Waals surface area contributed by atoms with Crippen molar-refractivity contribution in [3.05, 3.63) is 36.4 Å². The Morgan fingerprint density at radius 3 is 2.11 bits per heavy atom. The Morgan fingerprint density at radius 2 is 1.48 bits per heavy atom. The molecule has 0 spiro atoms. The average molecular weight is 372 g/mol. The number of benzene rings is 2. The van der Waals surface area contributed by atoms with Crippen molar-refractivity contribution in [1.82, 2.24) is 0 Å². The van der Waals surface area contributed by atoms with Crippen molar-refractivity contribution in [3.63, 3.8) is 0 Å². The number of methoxy groups -OCH3 is 2. The molecule has 0 N–H and O–H groups in total. The largest absolute Gasteiger partial charge is 0.497 e. The maximum Gasteiger partial charge on any atom is 0.264 e. The van der Waals surface area contributed by atoms with Gasteiger partial charge in [-0.15, -0.1) is 0 Å². The van der Waals surface area contributed by atoms with Crippen LogP contribution in [-0.4, -0.2) is 54.0 Å². The highest BCUT2D eigenvalue weighted by atomic mass is 16.5. The summed E-state index contributed by atoms with van der Waals surface area (Å²) in [5, 5.41) is 0. The smallest absolute Gasteiger partial charge is 0.264 e. The van der Waals surface area contributed by atoms with Crippen LogP contribution in [0.15, 0.2) is 36.4 Å². The Bertz CT molecular complexity index is 824. The predicted molar refractivity (Wildman–Crippen MR) is 104 cm³/mol. The minimum atomic E-state index is -0.0392. The molecule has 0 saturated heterocycles. The van der Waals surface area contributed by atoms with Crippen LogP contribution in [0.1, 0.15) is 0 Å². The average Bonchev–Trinajstić information content (AvgIpc) is 2.71. The van der Waals surface area contributed by atoms with Crippen LogP contribution in [0.5, 0.6) is 23.0 Å². The fourth-order valence-corrected chi connectivity index (χ4v) is 2.85. The molecule has 0 aliphatic carbocycles. The van der Waals surface area contributed by atoms with E-state index in [2.05, 4.69) is 11.9 Å². The summed E-state index contributed by atoms with van der Waals surface area (Å²) in [6.45, 7) is 1.78. The van der Waals surface area contributed by atoms with Gasteiger partial charge < -0.3 is 28.7 Å². The molecule has 2 aromatic carbocycles. The number of ether oxygens (including phenoxy) is 4. The third-order valence-corrected chi connectivity index (χ3v) is 4.52. The monoisotopic (exact) mass is 372 g/mol. The number of anilines is 2. The van der Waals surface area contributed by atoms with Gasteiger partial charge in [0.05, 0.1) is 32.1 Å². The molecule has 4 rings (SSSR count). The lowest BCUT2D eigenvalue weighted by Crippen LogP contribution is -2.35. The highest BCUT2D eigenvalue weighted by Gasteiger charge is 2.22. The zero-order valence-electron chi connectivity index (χ0n) is 16.0. The molecule has 0 aromatic heterocycles. The van der Waals surface area contributed by atoms with Gasteiger partial charge in [0.1, 0.15) is 29.6 Å². The van der Waals surface area contributed by atoms with Crippen molar-refractivity contribution < 1.29 is 23.7 Å². The first-order valence-electron chi connectivity index (χ1n) is 8.63. The lowest BCUT2D eigenvalue weighted by Gasteiger charge is -2.27. The summed E-state index contributed by atoms with van der Waals surface area (Å²) in [6.07, 6.45) is 0. The first kappa shape index (κ1) is 18.7. The maximum atomic E-state index is 11.3. The predicted octanol–water partition coefficient (Wildman–Crippen LogP) is 2.57. The van der Waals surface area contributed by atoms with Crippen LogP contribution >= 0.6 is 0 Å². The van der Waals surface area contributed by atoms with E-state index in [1.54, 1.807) is 38.3 Å². The van der Waals surface area contributed by atoms with E-state index in [1.165, 1.54) is 0 Å². The highest BCUT2D eigenvalue weighted by Crippen LogP contribution is 2.34. The van der Waals surface area contributed by atoms with Crippen LogP contribution < -0.4 is 28.7 Å². The van der Waals surface area contributed by atoms with Gasteiger partial charge in [-0.25, -0.2) is 0 Å². The van der Waals surface area contributed by atoms with Crippen LogP contribution in [0.25, 0.3) is 0 Å². The topological polar surface area (TPSA) is 60.5 Å². The molecule has 0 fully saturated rings. The van der Waals surface area contributed by atoms with E-state index < -0.39 is 0 Å². The van der Waals surface area contributed by atoms with Crippen molar-refractivity contribution in [3.8, 4) is 23.0 Å². The number of hydrogen-bond donors (Lipinski definition) is 0. The Labute approximate surface area is 159 Å². The van der Waals surface area contributed by atoms with Crippen LogP contribution in [-0.2, 0) is 4.79 Å². The summed E-state index contributed by atoms with van der Waals surface area (Å²) >= 11 is 0. The van der Waals surface area contributed by atoms with Crippen molar-refractivity contribution in [2.45, 2.75) is 0 Å². The second-order valence-electron chi connectivity index (χ2n) is 6.18. The molecule has 2 heterocycles. The summed E-state index contributed by atoms with van der Waals surface area (Å²) in [7, 11) is 7.05. The molecule has 2 aliphatic rings. The molecule has 0 radical (unpaired) electrons. The van der Waals surface area contributed by atoms with Gasteiger partial charge in [0.15, 0.2) is 6.61 Å². The molecule has 0 atom stereocenters. The Morgan fingerprint density at radius 1 is 0.889 bits per heavy atom. The molecule has 0 unspecified atom stereocenters. The number of carbonyl (C=O) groups excluding carboxylic acids is 1. The van der Waals surface area contributed by atoms with Gasteiger partial charge in [-0.05, 0) is 24.3 Å². The minimum Gasteiger partial charge on any atom is -0.497 e. The fraction of sp³-hybridized carbons (Fsp3) is 0.350. The number of amides is 1. The SMILES string of the molecule is COc1ccc2c(c1)OCC(=O)N2C.COc1ccc2c(c1)OCCN2C. The second-order valence-corrected chi connectivity index (χ2v) is 6.18. The molecule has 2 aliphatic heterocycles. The zero-order chi connectivity index (χ0) is 19.4. The fourth-order valence-electron chi connectivity index (χ4n) is 2.85. The van der Waals surface area contributed by atoms with E-state index in [0.29, 0.717) is 5.75 Å². The van der Waals surface area contributed by atoms with Gasteiger partial charge >= 0.3 is 0 Å². The Balaban J connectivity index is 0.000000156. The molecule has 7 heteroatoms. The lowest BCUT2D eigenvalue weighted by molar-refractivity contribution is -0.120. The number of nitrogens with zero attached hydrogens (tertiary/aromatic N) is 2. The summed E-state index contributed by atoms with van der Waals surface area (Å²) in [6, 6.07) is 11.3. The van der Waals surface area contributed by atoms with E-state index in [1.807, 2.05) is 24.3 Å². The number of fused-ring (bicyclic) bond motifs is 2. The number of carbonyl (C=O) groups is 1. The van der Waals surface area contributed by atoms with Crippen LogP contribution in [0.2, 0.25) is 0 Å². The normalized spacial score (nSPS) is 14.7. The first-order chi connectivity index (χ1) is 13.0. The maximum absolute atomic E-state index is 11.3. The van der Waals surface area contributed by atoms with Crippen molar-refractivity contribution in [2.75, 3.05) is 57.9 Å². The first-order valence-corrected chi connectivity index (χ1v) is 8.63. The lowest BCUT2D eigenvalue weighted by atomic mass is 10.2. The summed E-state index contributed by atoms with van der Waals surface area (Å²) < 4.78 is 21.0.